The SMILES string of the molecule is Cc1cc(C(=O)c2ccc(C(=O)N[C@@H]3CCCNC[C@H]3N)cc2)c(O)cn1.Cl. The molecule has 0 saturated carbocycles. The molecular weight excluding hydrogens is 380 g/mol. The molecule has 5 N–H and O–H groups in total. The molecule has 8 heteroatoms. The highest BCUT2D eigenvalue weighted by molar-refractivity contribution is 6.11. The Labute approximate surface area is 170 Å². The molecular formula is C20H25ClN4O3. The molecule has 1 aromatic carbocycles. The number of ketones is 1. The molecule has 2 aromatic rings. The molecule has 3 rings (SSSR count). The Kier molecular flexibility index (Phi) is 7.51. The van der Waals surface area contributed by atoms with Gasteiger partial charge in [0.05, 0.1) is 11.8 Å². The summed E-state index contributed by atoms with van der Waals surface area (Å²) < 4.78 is 0. The summed E-state index contributed by atoms with van der Waals surface area (Å²) >= 11 is 0. The van der Waals surface area contributed by atoms with Crippen LogP contribution >= 0.6 is 12.4 Å². The number of carbonyl (C=O) groups excluding carboxylic acids is 2. The van der Waals surface area contributed by atoms with Crippen LogP contribution in [0.1, 0.15) is 44.8 Å². The van der Waals surface area contributed by atoms with Crippen molar-refractivity contribution < 1.29 is 14.7 Å². The summed E-state index contributed by atoms with van der Waals surface area (Å²) in [4.78, 5) is 29.0. The number of pyridine rings is 1. The predicted molar refractivity (Wildman–Crippen MR) is 109 cm³/mol. The van der Waals surface area contributed by atoms with Gasteiger partial charge in [-0.2, -0.15) is 0 Å². The first-order valence-electron chi connectivity index (χ1n) is 9.03. The largest absolute Gasteiger partial charge is 0.506 e. The van der Waals surface area contributed by atoms with Crippen molar-refractivity contribution in [3.8, 4) is 5.75 Å². The van der Waals surface area contributed by atoms with Gasteiger partial charge in [-0.25, -0.2) is 0 Å². The van der Waals surface area contributed by atoms with Crippen molar-refractivity contribution in [2.45, 2.75) is 31.8 Å². The van der Waals surface area contributed by atoms with Gasteiger partial charge < -0.3 is 21.5 Å². The Balaban J connectivity index is 0.00000280. The first kappa shape index (κ1) is 21.8. The lowest BCUT2D eigenvalue weighted by Gasteiger charge is -2.22. The molecule has 2 atom stereocenters. The lowest BCUT2D eigenvalue weighted by molar-refractivity contribution is 0.0928. The first-order chi connectivity index (χ1) is 13.0. The van der Waals surface area contributed by atoms with E-state index in [0.717, 1.165) is 19.4 Å². The van der Waals surface area contributed by atoms with Gasteiger partial charge in [-0.15, -0.1) is 12.4 Å². The maximum Gasteiger partial charge on any atom is 0.251 e. The number of rotatable bonds is 4. The molecule has 1 amide bonds. The Morgan fingerprint density at radius 3 is 2.64 bits per heavy atom. The van der Waals surface area contributed by atoms with Gasteiger partial charge in [0.25, 0.3) is 5.91 Å². The summed E-state index contributed by atoms with van der Waals surface area (Å²) in [5.74, 6) is -0.691. The van der Waals surface area contributed by atoms with Gasteiger partial charge in [0.2, 0.25) is 0 Å². The Morgan fingerprint density at radius 2 is 1.93 bits per heavy atom. The molecule has 28 heavy (non-hydrogen) atoms. The maximum atomic E-state index is 12.6. The second kappa shape index (κ2) is 9.64. The number of nitrogens with one attached hydrogen (secondary N) is 2. The van der Waals surface area contributed by atoms with Gasteiger partial charge in [-0.05, 0) is 44.5 Å². The summed E-state index contributed by atoms with van der Waals surface area (Å²) in [5, 5.41) is 16.1. The second-order valence-electron chi connectivity index (χ2n) is 6.84. The minimum atomic E-state index is -0.318. The summed E-state index contributed by atoms with van der Waals surface area (Å²) in [5.41, 5.74) is 7.80. The number of aryl methyl sites for hydroxylation is 1. The highest BCUT2D eigenvalue weighted by Gasteiger charge is 2.22. The molecule has 1 aliphatic heterocycles. The van der Waals surface area contributed by atoms with Crippen molar-refractivity contribution in [1.29, 1.82) is 0 Å². The summed E-state index contributed by atoms with van der Waals surface area (Å²) in [7, 11) is 0. The molecule has 1 aromatic heterocycles. The number of aromatic nitrogens is 1. The monoisotopic (exact) mass is 404 g/mol. The van der Waals surface area contributed by atoms with Crippen LogP contribution in [-0.4, -0.2) is 47.0 Å². The molecule has 0 aliphatic carbocycles. The van der Waals surface area contributed by atoms with E-state index in [1.807, 2.05) is 0 Å². The summed E-state index contributed by atoms with van der Waals surface area (Å²) in [6.07, 6.45) is 3.05. The highest BCUT2D eigenvalue weighted by atomic mass is 35.5. The van der Waals surface area contributed by atoms with Crippen LogP contribution in [0.4, 0.5) is 0 Å². The maximum absolute atomic E-state index is 12.6. The summed E-state index contributed by atoms with van der Waals surface area (Å²) in [6, 6.07) is 7.71. The average molecular weight is 405 g/mol. The first-order valence-corrected chi connectivity index (χ1v) is 9.03. The minimum Gasteiger partial charge on any atom is -0.506 e. The van der Waals surface area contributed by atoms with E-state index in [1.54, 1.807) is 37.3 Å². The molecule has 1 saturated heterocycles. The van der Waals surface area contributed by atoms with E-state index in [9.17, 15) is 14.7 Å². The molecule has 150 valence electrons. The lowest BCUT2D eigenvalue weighted by Crippen LogP contribution is -2.50. The van der Waals surface area contributed by atoms with Crippen molar-refractivity contribution >= 4 is 24.1 Å². The zero-order valence-electron chi connectivity index (χ0n) is 15.6. The normalized spacial score (nSPS) is 19.2. The molecule has 0 radical (unpaired) electrons. The van der Waals surface area contributed by atoms with Crippen LogP contribution in [-0.2, 0) is 0 Å². The number of hydrogen-bond acceptors (Lipinski definition) is 6. The van der Waals surface area contributed by atoms with Crippen molar-refractivity contribution in [1.82, 2.24) is 15.6 Å². The molecule has 7 nitrogen and oxygen atoms in total. The van der Waals surface area contributed by atoms with E-state index in [-0.39, 0.29) is 47.5 Å². The standard InChI is InChI=1S/C20H24N4O3.ClH/c1-12-9-15(18(25)11-23-12)19(26)13-4-6-14(7-5-13)20(27)24-17-3-2-8-22-10-16(17)21;/h4-7,9,11,16-17,22,25H,2-3,8,10,21H2,1H3,(H,24,27);1H/t16-,17-;/m1./s1. The number of benzene rings is 1. The number of aromatic hydroxyl groups is 1. The van der Waals surface area contributed by atoms with Crippen LogP contribution in [0.25, 0.3) is 0 Å². The zero-order valence-corrected chi connectivity index (χ0v) is 16.5. The number of carbonyl (C=O) groups is 2. The topological polar surface area (TPSA) is 117 Å². The van der Waals surface area contributed by atoms with Crippen molar-refractivity contribution in [2.75, 3.05) is 13.1 Å². The van der Waals surface area contributed by atoms with E-state index >= 15 is 0 Å². The van der Waals surface area contributed by atoms with E-state index < -0.39 is 0 Å². The number of halogens is 1. The Morgan fingerprint density at radius 1 is 1.25 bits per heavy atom. The van der Waals surface area contributed by atoms with Crippen molar-refractivity contribution in [3.05, 3.63) is 58.9 Å². The third-order valence-corrected chi connectivity index (χ3v) is 4.76. The van der Waals surface area contributed by atoms with Crippen molar-refractivity contribution in [3.63, 3.8) is 0 Å². The third-order valence-electron chi connectivity index (χ3n) is 4.76. The van der Waals surface area contributed by atoms with Crippen LogP contribution in [0, 0.1) is 6.92 Å². The van der Waals surface area contributed by atoms with E-state index in [1.165, 1.54) is 6.20 Å². The van der Waals surface area contributed by atoms with Crippen LogP contribution in [0.3, 0.4) is 0 Å². The molecule has 1 aliphatic rings. The fourth-order valence-corrected chi connectivity index (χ4v) is 3.17. The van der Waals surface area contributed by atoms with Crippen LogP contribution < -0.4 is 16.4 Å². The smallest absolute Gasteiger partial charge is 0.251 e. The number of nitrogens with zero attached hydrogens (tertiary/aromatic N) is 1. The molecule has 1 fully saturated rings. The fraction of sp³-hybridized carbons (Fsp3) is 0.350. The third kappa shape index (κ3) is 5.07. The fourth-order valence-electron chi connectivity index (χ4n) is 3.17. The van der Waals surface area contributed by atoms with Gasteiger partial charge in [0, 0.05) is 35.4 Å². The highest BCUT2D eigenvalue weighted by Crippen LogP contribution is 2.20. The Bertz CT molecular complexity index is 842. The molecule has 0 spiro atoms. The predicted octanol–water partition coefficient (Wildman–Crippen LogP) is 1.56. The van der Waals surface area contributed by atoms with Crippen LogP contribution in [0.15, 0.2) is 36.5 Å². The van der Waals surface area contributed by atoms with Gasteiger partial charge in [0.15, 0.2) is 5.78 Å². The summed E-state index contributed by atoms with van der Waals surface area (Å²) in [6.45, 7) is 3.32. The Hall–Kier alpha value is -2.48. The second-order valence-corrected chi connectivity index (χ2v) is 6.84. The number of nitrogens with two attached hydrogens (primary N) is 1. The van der Waals surface area contributed by atoms with E-state index in [4.69, 9.17) is 5.73 Å². The zero-order chi connectivity index (χ0) is 19.4. The number of hydrogen-bond donors (Lipinski definition) is 4. The number of amides is 1. The van der Waals surface area contributed by atoms with Crippen LogP contribution in [0.5, 0.6) is 5.75 Å². The van der Waals surface area contributed by atoms with Gasteiger partial charge in [0.1, 0.15) is 5.75 Å². The van der Waals surface area contributed by atoms with Crippen molar-refractivity contribution in [2.24, 2.45) is 5.73 Å². The van der Waals surface area contributed by atoms with Gasteiger partial charge in [-0.3, -0.25) is 14.6 Å². The molecule has 0 unspecified atom stereocenters. The molecule has 2 heterocycles. The van der Waals surface area contributed by atoms with Crippen LogP contribution in [0.2, 0.25) is 0 Å². The van der Waals surface area contributed by atoms with E-state index in [0.29, 0.717) is 23.4 Å². The molecule has 0 bridgehead atoms. The minimum absolute atomic E-state index is 0. The quantitative estimate of drug-likeness (QED) is 0.574. The van der Waals surface area contributed by atoms with E-state index in [2.05, 4.69) is 15.6 Å². The van der Waals surface area contributed by atoms with Gasteiger partial charge >= 0.3 is 0 Å². The van der Waals surface area contributed by atoms with Gasteiger partial charge in [-0.1, -0.05) is 12.1 Å². The lowest BCUT2D eigenvalue weighted by atomic mass is 10.0. The average Bonchev–Trinajstić information content (AvgIpc) is 2.87.